The molecule has 6 radical (unpaired) electrons. The first-order valence-electron chi connectivity index (χ1n) is 0. The summed E-state index contributed by atoms with van der Waals surface area (Å²) in [6.45, 7) is 0. The monoisotopic (exact) mass is 298 g/mol. The molecule has 0 heterocycles. The normalized spacial score (nSPS) is 0. The molecule has 22 valence electrons. The quantitative estimate of drug-likeness (QED) is 0.476. The van der Waals surface area contributed by atoms with Gasteiger partial charge < -0.3 is 34.1 Å². The molecule has 0 aromatic heterocycles. The molecule has 4 heavy (non-hydrogen) atoms. The number of hydrogen-bond donors (Lipinski definition) is 0. The van der Waals surface area contributed by atoms with E-state index in [9.17, 15) is 0 Å². The van der Waals surface area contributed by atoms with Crippen molar-refractivity contribution in [1.29, 1.82) is 0 Å². The average Bonchev–Trinajstić information content (AvgIpc) is 0. The van der Waals surface area contributed by atoms with E-state index in [-0.39, 0.29) is 73.7 Å². The zero-order chi connectivity index (χ0) is 0. The summed E-state index contributed by atoms with van der Waals surface area (Å²) in [5.41, 5.74) is 0. The molecule has 0 unspecified atom stereocenters. The van der Waals surface area contributed by atoms with E-state index in [4.69, 9.17) is 0 Å². The molecule has 0 amide bonds. The van der Waals surface area contributed by atoms with Gasteiger partial charge in [-0.2, -0.15) is 0 Å². The van der Waals surface area contributed by atoms with Crippen LogP contribution in [0.4, 0.5) is 0 Å². The molecule has 0 bridgehead atoms. The number of hydrogen-bond acceptors (Lipinski definition) is 0. The molecule has 0 aromatic carbocycles. The third kappa shape index (κ3) is 8.85. The summed E-state index contributed by atoms with van der Waals surface area (Å²) in [6.07, 6.45) is 0. The van der Waals surface area contributed by atoms with E-state index < -0.39 is 0 Å². The van der Waals surface area contributed by atoms with Gasteiger partial charge in [0.25, 0.3) is 0 Å². The SMILES string of the molecule is [Ga].[Ga].[Se-2].[Se-2]. The summed E-state index contributed by atoms with van der Waals surface area (Å²) in [5.74, 6) is 0. The summed E-state index contributed by atoms with van der Waals surface area (Å²) >= 11 is 0. The van der Waals surface area contributed by atoms with Gasteiger partial charge in [-0.05, 0) is 0 Å². The van der Waals surface area contributed by atoms with Crippen LogP contribution < -0.4 is 0 Å². The van der Waals surface area contributed by atoms with Crippen molar-refractivity contribution in [2.45, 2.75) is 0 Å². The van der Waals surface area contributed by atoms with Gasteiger partial charge in [-0.15, -0.1) is 0 Å². The largest absolute Gasteiger partial charge is 2.00 e. The molecule has 0 aromatic rings. The molecule has 0 rings (SSSR count). The fraction of sp³-hybridized carbons (Fsp3) is 0. The molecule has 0 nitrogen and oxygen atoms in total. The molecular weight excluding hydrogens is 297 g/mol. The third-order valence-electron chi connectivity index (χ3n) is 0. The summed E-state index contributed by atoms with van der Waals surface area (Å²) in [5, 5.41) is 0. The van der Waals surface area contributed by atoms with Crippen LogP contribution in [-0.2, 0) is 0 Å². The summed E-state index contributed by atoms with van der Waals surface area (Å²) in [6, 6.07) is 0. The minimum absolute atomic E-state index is 0. The minimum atomic E-state index is 0. The Hall–Kier alpha value is 2.31. The zero-order valence-corrected chi connectivity index (χ0v) is 10.2. The van der Waals surface area contributed by atoms with Crippen molar-refractivity contribution >= 4 is 73.7 Å². The van der Waals surface area contributed by atoms with Crippen LogP contribution in [-0.4, -0.2) is 73.7 Å². The van der Waals surface area contributed by atoms with Crippen molar-refractivity contribution < 1.29 is 0 Å². The van der Waals surface area contributed by atoms with Gasteiger partial charge in [0.2, 0.25) is 0 Å². The second kappa shape index (κ2) is 18.5. The molecule has 0 aliphatic carbocycles. The van der Waals surface area contributed by atoms with Crippen LogP contribution in [0.2, 0.25) is 0 Å². The van der Waals surface area contributed by atoms with Crippen LogP contribution >= 0.6 is 0 Å². The Morgan fingerprint density at radius 2 is 0.500 bits per heavy atom. The van der Waals surface area contributed by atoms with Crippen LogP contribution in [0.3, 0.4) is 0 Å². The van der Waals surface area contributed by atoms with Gasteiger partial charge in [-0.1, -0.05) is 0 Å². The van der Waals surface area contributed by atoms with E-state index in [1.165, 1.54) is 0 Å². The fourth-order valence-electron chi connectivity index (χ4n) is 0. The van der Waals surface area contributed by atoms with Crippen LogP contribution in [0.1, 0.15) is 0 Å². The van der Waals surface area contributed by atoms with Gasteiger partial charge in [-0.3, -0.25) is 0 Å². The molecule has 0 spiro atoms. The van der Waals surface area contributed by atoms with E-state index >= 15 is 0 Å². The first kappa shape index (κ1) is 33.3. The Balaban J connectivity index is 0. The predicted molar refractivity (Wildman–Crippen MR) is 23.0 cm³/mol. The van der Waals surface area contributed by atoms with Crippen LogP contribution in [0.15, 0.2) is 0 Å². The maximum atomic E-state index is 0. The zero-order valence-electron chi connectivity index (χ0n) is 1.97. The van der Waals surface area contributed by atoms with E-state index in [2.05, 4.69) is 0 Å². The molecule has 0 aliphatic heterocycles. The molecule has 0 saturated carbocycles. The maximum Gasteiger partial charge on any atom is 0 e. The Kier molecular flexibility index (Phi) is 154. The smallest absolute Gasteiger partial charge is 0 e. The van der Waals surface area contributed by atoms with E-state index in [1.54, 1.807) is 0 Å². The predicted octanol–water partition coefficient (Wildman–Crippen LogP) is -1.52. The van der Waals surface area contributed by atoms with Crippen molar-refractivity contribution in [3.05, 3.63) is 0 Å². The summed E-state index contributed by atoms with van der Waals surface area (Å²) in [4.78, 5) is 0. The van der Waals surface area contributed by atoms with Gasteiger partial charge in [0.05, 0.1) is 0 Å². The van der Waals surface area contributed by atoms with Crippen molar-refractivity contribution in [1.82, 2.24) is 0 Å². The van der Waals surface area contributed by atoms with E-state index in [1.807, 2.05) is 0 Å². The average molecular weight is 297 g/mol. The fourth-order valence-corrected chi connectivity index (χ4v) is 0. The Labute approximate surface area is 72.9 Å². The molecule has 0 saturated heterocycles. The van der Waals surface area contributed by atoms with Gasteiger partial charge in [0.1, 0.15) is 0 Å². The van der Waals surface area contributed by atoms with Crippen LogP contribution in [0, 0.1) is 0 Å². The topological polar surface area (TPSA) is 0 Å². The first-order chi connectivity index (χ1) is 0. The minimum Gasteiger partial charge on any atom is -2.00 e. The summed E-state index contributed by atoms with van der Waals surface area (Å²) in [7, 11) is 0. The molecule has 4 heteroatoms. The summed E-state index contributed by atoms with van der Waals surface area (Å²) < 4.78 is 0. The maximum absolute atomic E-state index is 0. The standard InChI is InChI=1S/2Ga.2Se/q;;2*-2. The van der Waals surface area contributed by atoms with Gasteiger partial charge in [-0.25, -0.2) is 0 Å². The molecule has 0 atom stereocenters. The number of rotatable bonds is 0. The van der Waals surface area contributed by atoms with Gasteiger partial charge in [0.15, 0.2) is 0 Å². The van der Waals surface area contributed by atoms with Crippen LogP contribution in [0.5, 0.6) is 0 Å². The van der Waals surface area contributed by atoms with Crippen LogP contribution in [0.25, 0.3) is 0 Å². The van der Waals surface area contributed by atoms with Gasteiger partial charge >= 0.3 is 0 Å². The Morgan fingerprint density at radius 1 is 0.500 bits per heavy atom. The second-order valence-corrected chi connectivity index (χ2v) is 0. The van der Waals surface area contributed by atoms with Crippen molar-refractivity contribution in [2.24, 2.45) is 0 Å². The molecule has 0 aliphatic rings. The first-order valence-corrected chi connectivity index (χ1v) is 0. The van der Waals surface area contributed by atoms with Gasteiger partial charge in [0, 0.05) is 39.6 Å². The van der Waals surface area contributed by atoms with Crippen molar-refractivity contribution in [3.63, 3.8) is 0 Å². The second-order valence-electron chi connectivity index (χ2n) is 0. The van der Waals surface area contributed by atoms with E-state index in [0.717, 1.165) is 0 Å². The van der Waals surface area contributed by atoms with Crippen molar-refractivity contribution in [3.8, 4) is 0 Å². The molecule has 0 N–H and O–H groups in total. The molecule has 0 fully saturated rings. The molecular formula is Ga2Se2-4. The third-order valence-corrected chi connectivity index (χ3v) is 0. The van der Waals surface area contributed by atoms with E-state index in [0.29, 0.717) is 0 Å². The Morgan fingerprint density at radius 3 is 0.500 bits per heavy atom. The Bertz CT molecular complexity index is 4.00. The van der Waals surface area contributed by atoms with Crippen molar-refractivity contribution in [2.75, 3.05) is 0 Å².